The lowest BCUT2D eigenvalue weighted by Gasteiger charge is -2.02. The van der Waals surface area contributed by atoms with E-state index in [0.717, 1.165) is 22.3 Å². The van der Waals surface area contributed by atoms with E-state index in [1.807, 2.05) is 54.6 Å². The van der Waals surface area contributed by atoms with Gasteiger partial charge in [0, 0.05) is 11.8 Å². The number of para-hydroxylation sites is 3. The van der Waals surface area contributed by atoms with Gasteiger partial charge in [0.1, 0.15) is 5.75 Å². The van der Waals surface area contributed by atoms with Crippen LogP contribution in [0.5, 0.6) is 5.75 Å². The molecular weight excluding hydrogens is 348 g/mol. The number of hydrogen-bond donors (Lipinski definition) is 2. The van der Waals surface area contributed by atoms with Crippen molar-refractivity contribution in [2.75, 3.05) is 12.9 Å². The number of hydrogen-bond acceptors (Lipinski definition) is 5. The van der Waals surface area contributed by atoms with Crippen LogP contribution in [0, 0.1) is 0 Å². The number of nitrogens with zero attached hydrogens (tertiary/aromatic N) is 2. The van der Waals surface area contributed by atoms with Gasteiger partial charge in [-0.15, -0.1) is 0 Å². The number of aromatic nitrogens is 2. The summed E-state index contributed by atoms with van der Waals surface area (Å²) in [6.45, 7) is 0. The number of H-pyrrole nitrogens is 1. The number of carbonyl (C=O) groups excluding carboxylic acids is 1. The first-order valence-electron chi connectivity index (χ1n) is 7.95. The van der Waals surface area contributed by atoms with Crippen molar-refractivity contribution < 1.29 is 9.53 Å². The van der Waals surface area contributed by atoms with Crippen molar-refractivity contribution >= 4 is 41.0 Å². The van der Waals surface area contributed by atoms with Crippen LogP contribution < -0.4 is 10.2 Å². The molecule has 0 fully saturated rings. The number of aromatic amines is 1. The monoisotopic (exact) mass is 366 g/mol. The number of hydrazone groups is 1. The van der Waals surface area contributed by atoms with Crippen LogP contribution >= 0.6 is 11.8 Å². The highest BCUT2D eigenvalue weighted by atomic mass is 32.2. The molecule has 26 heavy (non-hydrogen) atoms. The van der Waals surface area contributed by atoms with Crippen molar-refractivity contribution in [3.05, 3.63) is 60.2 Å². The van der Waals surface area contributed by atoms with E-state index in [2.05, 4.69) is 20.5 Å². The maximum absolute atomic E-state index is 11.8. The molecular formula is C19H18N4O2S. The Morgan fingerprint density at radius 1 is 1.27 bits per heavy atom. The van der Waals surface area contributed by atoms with Crippen LogP contribution in [0.3, 0.4) is 0 Å². The lowest BCUT2D eigenvalue weighted by molar-refractivity contribution is -0.118. The van der Waals surface area contributed by atoms with E-state index in [-0.39, 0.29) is 11.7 Å². The molecule has 0 spiro atoms. The molecule has 6 nitrogen and oxygen atoms in total. The zero-order chi connectivity index (χ0) is 18.2. The summed E-state index contributed by atoms with van der Waals surface area (Å²) in [7, 11) is 1.63. The van der Waals surface area contributed by atoms with Gasteiger partial charge >= 0.3 is 0 Å². The largest absolute Gasteiger partial charge is 0.496 e. The predicted octanol–water partition coefficient (Wildman–Crippen LogP) is 3.48. The highest BCUT2D eigenvalue weighted by Crippen LogP contribution is 2.19. The van der Waals surface area contributed by atoms with Crippen molar-refractivity contribution in [1.29, 1.82) is 0 Å². The molecule has 2 aromatic carbocycles. The van der Waals surface area contributed by atoms with Crippen molar-refractivity contribution in [2.24, 2.45) is 5.10 Å². The van der Waals surface area contributed by atoms with Gasteiger partial charge in [-0.25, -0.2) is 10.4 Å². The topological polar surface area (TPSA) is 79.4 Å². The van der Waals surface area contributed by atoms with Gasteiger partial charge < -0.3 is 9.72 Å². The van der Waals surface area contributed by atoms with Gasteiger partial charge in [-0.1, -0.05) is 42.1 Å². The number of benzene rings is 2. The van der Waals surface area contributed by atoms with Crippen LogP contribution in [0.15, 0.2) is 64.9 Å². The van der Waals surface area contributed by atoms with Gasteiger partial charge in [-0.2, -0.15) is 5.10 Å². The van der Waals surface area contributed by atoms with Crippen molar-refractivity contribution in [1.82, 2.24) is 15.4 Å². The Labute approximate surface area is 155 Å². The fourth-order valence-electron chi connectivity index (χ4n) is 2.27. The number of methoxy groups -OCH3 is 1. The molecule has 0 unspecified atom stereocenters. The molecule has 0 saturated heterocycles. The Morgan fingerprint density at radius 2 is 2.08 bits per heavy atom. The van der Waals surface area contributed by atoms with Crippen molar-refractivity contribution in [3.63, 3.8) is 0 Å². The second-order valence-electron chi connectivity index (χ2n) is 5.26. The lowest BCUT2D eigenvalue weighted by atomic mass is 10.2. The molecule has 0 atom stereocenters. The smallest absolute Gasteiger partial charge is 0.250 e. The average molecular weight is 366 g/mol. The molecule has 1 aromatic heterocycles. The van der Waals surface area contributed by atoms with Crippen LogP contribution in [0.4, 0.5) is 0 Å². The van der Waals surface area contributed by atoms with Crippen molar-refractivity contribution in [3.8, 4) is 5.75 Å². The Morgan fingerprint density at radius 3 is 2.92 bits per heavy atom. The van der Waals surface area contributed by atoms with Crippen molar-refractivity contribution in [2.45, 2.75) is 5.16 Å². The summed E-state index contributed by atoms with van der Waals surface area (Å²) < 4.78 is 5.26. The van der Waals surface area contributed by atoms with Gasteiger partial charge in [-0.3, -0.25) is 4.79 Å². The molecule has 7 heteroatoms. The first kappa shape index (κ1) is 17.8. The minimum absolute atomic E-state index is 0.197. The van der Waals surface area contributed by atoms with Gasteiger partial charge in [0.15, 0.2) is 5.16 Å². The molecule has 132 valence electrons. The first-order chi connectivity index (χ1) is 12.8. The van der Waals surface area contributed by atoms with Gasteiger partial charge in [0.25, 0.3) is 5.91 Å². The van der Waals surface area contributed by atoms with Crippen LogP contribution in [0.1, 0.15) is 5.56 Å². The molecule has 1 amide bonds. The van der Waals surface area contributed by atoms with Crippen LogP contribution in [-0.4, -0.2) is 35.0 Å². The molecule has 3 rings (SSSR count). The maximum Gasteiger partial charge on any atom is 0.250 e. The molecule has 3 aromatic rings. The highest BCUT2D eigenvalue weighted by Gasteiger charge is 2.05. The molecule has 0 aliphatic carbocycles. The van der Waals surface area contributed by atoms with Crippen LogP contribution in [0.25, 0.3) is 17.1 Å². The molecule has 0 bridgehead atoms. The number of nitrogens with one attached hydrogen (secondary N) is 2. The van der Waals surface area contributed by atoms with Crippen LogP contribution in [-0.2, 0) is 4.79 Å². The number of allylic oxidation sites excluding steroid dienone is 1. The van der Waals surface area contributed by atoms with E-state index in [4.69, 9.17) is 4.74 Å². The molecule has 0 aliphatic rings. The Balaban J connectivity index is 1.46. The zero-order valence-corrected chi connectivity index (χ0v) is 15.0. The quantitative estimate of drug-likeness (QED) is 0.381. The van der Waals surface area contributed by atoms with E-state index in [0.29, 0.717) is 5.16 Å². The summed E-state index contributed by atoms with van der Waals surface area (Å²) in [4.78, 5) is 19.4. The molecule has 0 saturated carbocycles. The number of fused-ring (bicyclic) bond motifs is 1. The molecule has 1 heterocycles. The average Bonchev–Trinajstić information content (AvgIpc) is 3.09. The Kier molecular flexibility index (Phi) is 6.05. The number of amides is 1. The summed E-state index contributed by atoms with van der Waals surface area (Å²) >= 11 is 1.33. The fourth-order valence-corrected chi connectivity index (χ4v) is 2.94. The zero-order valence-electron chi connectivity index (χ0n) is 14.2. The number of carbonyl (C=O) groups is 1. The number of rotatable bonds is 7. The minimum Gasteiger partial charge on any atom is -0.496 e. The van der Waals surface area contributed by atoms with Gasteiger partial charge in [0.2, 0.25) is 0 Å². The third kappa shape index (κ3) is 4.73. The second-order valence-corrected chi connectivity index (χ2v) is 6.23. The van der Waals surface area contributed by atoms with E-state index >= 15 is 0 Å². The van der Waals surface area contributed by atoms with Gasteiger partial charge in [0.05, 0.1) is 23.9 Å². The summed E-state index contributed by atoms with van der Waals surface area (Å²) in [5.41, 5.74) is 5.26. The standard InChI is InChI=1S/C19H18N4O2S/c1-25-17-11-5-2-7-14(17)8-6-12-20-23-18(24)13-26-19-21-15-9-3-4-10-16(15)22-19/h2-12H,13H2,1H3,(H,21,22)(H,23,24)/b8-6+,20-12+. The third-order valence-electron chi connectivity index (χ3n) is 3.47. The summed E-state index contributed by atoms with van der Waals surface area (Å²) in [6, 6.07) is 15.4. The van der Waals surface area contributed by atoms with E-state index in [1.165, 1.54) is 18.0 Å². The fraction of sp³-hybridized carbons (Fsp3) is 0.105. The number of ether oxygens (including phenoxy) is 1. The van der Waals surface area contributed by atoms with Gasteiger partial charge in [-0.05, 0) is 30.4 Å². The van der Waals surface area contributed by atoms with Crippen LogP contribution in [0.2, 0.25) is 0 Å². The molecule has 0 aliphatic heterocycles. The SMILES string of the molecule is COc1ccccc1/C=C/C=N/NC(=O)CSc1nc2ccccc2[nH]1. The minimum atomic E-state index is -0.197. The lowest BCUT2D eigenvalue weighted by Crippen LogP contribution is -2.19. The first-order valence-corrected chi connectivity index (χ1v) is 8.94. The van der Waals surface area contributed by atoms with E-state index in [1.54, 1.807) is 13.2 Å². The maximum atomic E-state index is 11.8. The highest BCUT2D eigenvalue weighted by molar-refractivity contribution is 7.99. The molecule has 0 radical (unpaired) electrons. The van der Waals surface area contributed by atoms with E-state index < -0.39 is 0 Å². The second kappa shape index (κ2) is 8.87. The normalized spacial score (nSPS) is 11.4. The predicted molar refractivity (Wildman–Crippen MR) is 105 cm³/mol. The third-order valence-corrected chi connectivity index (χ3v) is 4.35. The Bertz CT molecular complexity index is 916. The number of imidazole rings is 1. The van der Waals surface area contributed by atoms with E-state index in [9.17, 15) is 4.79 Å². The summed E-state index contributed by atoms with van der Waals surface area (Å²) in [6.07, 6.45) is 5.12. The molecule has 2 N–H and O–H groups in total. The summed E-state index contributed by atoms with van der Waals surface area (Å²) in [5, 5.41) is 4.61. The number of thioether (sulfide) groups is 1. The Hall–Kier alpha value is -3.06. The summed E-state index contributed by atoms with van der Waals surface area (Å²) in [5.74, 6) is 0.814.